The third-order valence-corrected chi connectivity index (χ3v) is 7.04. The summed E-state index contributed by atoms with van der Waals surface area (Å²) in [4.78, 5) is 20.1. The summed E-state index contributed by atoms with van der Waals surface area (Å²) in [7, 11) is 1.66. The number of aryl methyl sites for hydroxylation is 1. The van der Waals surface area contributed by atoms with Gasteiger partial charge in [0, 0.05) is 24.8 Å². The second-order valence-electron chi connectivity index (χ2n) is 12.3. The molecule has 36 heavy (non-hydrogen) atoms. The second kappa shape index (κ2) is 9.71. The Morgan fingerprint density at radius 1 is 1.11 bits per heavy atom. The van der Waals surface area contributed by atoms with E-state index in [4.69, 9.17) is 4.74 Å². The van der Waals surface area contributed by atoms with Crippen LogP contribution in [0.3, 0.4) is 0 Å². The maximum Gasteiger partial charge on any atom is 0.247 e. The molecule has 1 aliphatic heterocycles. The van der Waals surface area contributed by atoms with Crippen LogP contribution in [-0.4, -0.2) is 55.6 Å². The van der Waals surface area contributed by atoms with Gasteiger partial charge in [-0.15, -0.1) is 5.10 Å². The Hall–Kier alpha value is -3.16. The number of hydrogen-bond acceptors (Lipinski definition) is 5. The molecule has 1 saturated heterocycles. The molecule has 0 radical (unpaired) electrons. The van der Waals surface area contributed by atoms with Gasteiger partial charge in [0.15, 0.2) is 0 Å². The lowest BCUT2D eigenvalue weighted by atomic mass is 9.76. The Bertz CT molecular complexity index is 1210. The van der Waals surface area contributed by atoms with E-state index >= 15 is 0 Å². The van der Waals surface area contributed by atoms with Crippen molar-refractivity contribution in [3.05, 3.63) is 42.6 Å². The fraction of sp³-hybridized carbons (Fsp3) is 0.571. The first kappa shape index (κ1) is 25.9. The predicted octanol–water partition coefficient (Wildman–Crippen LogP) is 5.32. The third kappa shape index (κ3) is 5.63. The Balaban J connectivity index is 1.66. The van der Waals surface area contributed by atoms with Crippen LogP contribution in [0.1, 0.15) is 66.1 Å². The van der Waals surface area contributed by atoms with E-state index in [1.54, 1.807) is 18.1 Å². The van der Waals surface area contributed by atoms with Gasteiger partial charge >= 0.3 is 0 Å². The zero-order valence-electron chi connectivity index (χ0n) is 22.9. The molecule has 0 saturated carbocycles. The number of rotatable bonds is 5. The van der Waals surface area contributed by atoms with Crippen LogP contribution in [0.2, 0.25) is 0 Å². The Morgan fingerprint density at radius 2 is 1.86 bits per heavy atom. The van der Waals surface area contributed by atoms with Crippen LogP contribution in [0.5, 0.6) is 5.75 Å². The number of aromatic nitrogens is 5. The number of carbonyl (C=O) groups is 1. The average molecular weight is 493 g/mol. The molecule has 3 aromatic rings. The van der Waals surface area contributed by atoms with Gasteiger partial charge in [-0.25, -0.2) is 9.67 Å². The minimum absolute atomic E-state index is 0.0292. The fourth-order valence-electron chi connectivity index (χ4n) is 5.02. The number of ether oxygens (including phenoxy) is 1. The van der Waals surface area contributed by atoms with E-state index < -0.39 is 0 Å². The molecule has 1 fully saturated rings. The lowest BCUT2D eigenvalue weighted by Gasteiger charge is -2.31. The van der Waals surface area contributed by atoms with Crippen LogP contribution < -0.4 is 4.74 Å². The molecule has 0 N–H and O–H groups in total. The molecule has 2 atom stereocenters. The van der Waals surface area contributed by atoms with Gasteiger partial charge in [-0.3, -0.25) is 4.79 Å². The van der Waals surface area contributed by atoms with Crippen LogP contribution in [0, 0.1) is 23.7 Å². The van der Waals surface area contributed by atoms with E-state index in [1.165, 1.54) is 0 Å². The van der Waals surface area contributed by atoms with Crippen molar-refractivity contribution < 1.29 is 9.53 Å². The normalized spacial score (nSPS) is 19.4. The van der Waals surface area contributed by atoms with Crippen molar-refractivity contribution >= 4 is 5.91 Å². The van der Waals surface area contributed by atoms with Crippen molar-refractivity contribution in [1.29, 1.82) is 0 Å². The predicted molar refractivity (Wildman–Crippen MR) is 141 cm³/mol. The molecule has 8 nitrogen and oxygen atoms in total. The zero-order valence-corrected chi connectivity index (χ0v) is 22.9. The first-order chi connectivity index (χ1) is 16.9. The highest BCUT2D eigenvalue weighted by atomic mass is 16.5. The number of nitrogens with zero attached hydrogens (tertiary/aromatic N) is 6. The highest BCUT2D eigenvalue weighted by Gasteiger charge is 2.38. The molecule has 8 heteroatoms. The molecule has 4 rings (SSSR count). The molecule has 0 bridgehead atoms. The minimum atomic E-state index is -0.365. The molecule has 3 heterocycles. The van der Waals surface area contributed by atoms with Gasteiger partial charge in [-0.1, -0.05) is 52.8 Å². The van der Waals surface area contributed by atoms with Crippen molar-refractivity contribution in [1.82, 2.24) is 29.4 Å². The lowest BCUT2D eigenvalue weighted by Crippen LogP contribution is -2.41. The highest BCUT2D eigenvalue weighted by molar-refractivity contribution is 5.81. The van der Waals surface area contributed by atoms with Gasteiger partial charge in [-0.2, -0.15) is 0 Å². The molecule has 1 aromatic carbocycles. The zero-order chi connectivity index (χ0) is 26.3. The van der Waals surface area contributed by atoms with Crippen LogP contribution in [0.4, 0.5) is 0 Å². The first-order valence-electron chi connectivity index (χ1n) is 12.8. The third-order valence-electron chi connectivity index (χ3n) is 7.04. The molecular weight excluding hydrogens is 452 g/mol. The maximum absolute atomic E-state index is 13.8. The lowest BCUT2D eigenvalue weighted by molar-refractivity contribution is -0.135. The summed E-state index contributed by atoms with van der Waals surface area (Å²) >= 11 is 0. The van der Waals surface area contributed by atoms with Gasteiger partial charge in [-0.05, 0) is 48.6 Å². The number of imidazole rings is 1. The Morgan fingerprint density at radius 3 is 2.47 bits per heavy atom. The second-order valence-corrected chi connectivity index (χ2v) is 12.3. The van der Waals surface area contributed by atoms with E-state index in [9.17, 15) is 4.79 Å². The van der Waals surface area contributed by atoms with E-state index in [0.717, 1.165) is 42.9 Å². The number of amides is 1. The molecule has 2 aromatic heterocycles. The van der Waals surface area contributed by atoms with Gasteiger partial charge in [0.05, 0.1) is 31.0 Å². The Kier molecular flexibility index (Phi) is 6.99. The molecule has 1 amide bonds. The summed E-state index contributed by atoms with van der Waals surface area (Å²) < 4.78 is 9.39. The maximum atomic E-state index is 13.8. The number of benzene rings is 1. The van der Waals surface area contributed by atoms with Crippen LogP contribution in [-0.2, 0) is 4.79 Å². The van der Waals surface area contributed by atoms with Crippen molar-refractivity contribution in [2.24, 2.45) is 16.7 Å². The molecule has 0 aliphatic carbocycles. The molecule has 194 valence electrons. The van der Waals surface area contributed by atoms with Crippen LogP contribution >= 0.6 is 0 Å². The van der Waals surface area contributed by atoms with E-state index in [1.807, 2.05) is 47.0 Å². The molecule has 1 aliphatic rings. The van der Waals surface area contributed by atoms with Crippen LogP contribution in [0.25, 0.3) is 16.9 Å². The number of methoxy groups -OCH3 is 1. The van der Waals surface area contributed by atoms with Crippen molar-refractivity contribution in [2.45, 2.75) is 67.3 Å². The van der Waals surface area contributed by atoms with Gasteiger partial charge in [0.2, 0.25) is 5.91 Å². The summed E-state index contributed by atoms with van der Waals surface area (Å²) in [5.41, 5.74) is 3.58. The molecule has 1 unspecified atom stereocenters. The molecular formula is C28H40N6O2. The number of likely N-dealkylation sites (tertiary alicyclic amines) is 1. The van der Waals surface area contributed by atoms with E-state index in [-0.39, 0.29) is 22.8 Å². The van der Waals surface area contributed by atoms with Gasteiger partial charge in [0.1, 0.15) is 17.5 Å². The summed E-state index contributed by atoms with van der Waals surface area (Å²) in [6.45, 7) is 16.8. The average Bonchev–Trinajstić information content (AvgIpc) is 3.42. The van der Waals surface area contributed by atoms with Crippen molar-refractivity contribution in [3.63, 3.8) is 0 Å². The molecule has 0 spiro atoms. The summed E-state index contributed by atoms with van der Waals surface area (Å²) in [5.74, 6) is 1.26. The quantitative estimate of drug-likeness (QED) is 0.482. The Labute approximate surface area is 214 Å². The summed E-state index contributed by atoms with van der Waals surface area (Å²) in [6, 6.07) is 5.58. The minimum Gasteiger partial charge on any atom is -0.495 e. The first-order valence-corrected chi connectivity index (χ1v) is 12.8. The number of hydrogen-bond donors (Lipinski definition) is 0. The fourth-order valence-corrected chi connectivity index (χ4v) is 5.02. The monoisotopic (exact) mass is 492 g/mol. The van der Waals surface area contributed by atoms with E-state index in [0.29, 0.717) is 17.4 Å². The van der Waals surface area contributed by atoms with Crippen LogP contribution in [0.15, 0.2) is 36.9 Å². The SMILES string of the molecule is COc1cc(-c2cn([C@H]3CC(C(C)(C)C)CCN(CC(C)(C)C)C3=O)nn2)ccc1-n1cnc(C)c1. The van der Waals surface area contributed by atoms with Crippen molar-refractivity contribution in [2.75, 3.05) is 20.2 Å². The van der Waals surface area contributed by atoms with E-state index in [2.05, 4.69) is 56.8 Å². The topological polar surface area (TPSA) is 78.1 Å². The summed E-state index contributed by atoms with van der Waals surface area (Å²) in [5, 5.41) is 8.92. The highest BCUT2D eigenvalue weighted by Crippen LogP contribution is 2.39. The van der Waals surface area contributed by atoms with Crippen molar-refractivity contribution in [3.8, 4) is 22.7 Å². The number of carbonyl (C=O) groups excluding carboxylic acids is 1. The largest absolute Gasteiger partial charge is 0.495 e. The van der Waals surface area contributed by atoms with Gasteiger partial charge < -0.3 is 14.2 Å². The summed E-state index contributed by atoms with van der Waals surface area (Å²) in [6.07, 6.45) is 7.39. The van der Waals surface area contributed by atoms with Gasteiger partial charge in [0.25, 0.3) is 0 Å². The standard InChI is InChI=1S/C28H40N6O2/c1-19-15-33(18-29-19)23-10-9-20(13-25(23)36-8)22-16-34(31-30-22)24-14-21(28(5,6)7)11-12-32(26(24)35)17-27(2,3)4/h9-10,13,15-16,18,21,24H,11-12,14,17H2,1-8H3/t21?,24-/m0/s1. The smallest absolute Gasteiger partial charge is 0.247 e.